The van der Waals surface area contributed by atoms with Gasteiger partial charge in [0.15, 0.2) is 9.84 Å². The molecule has 0 spiro atoms. The Hall–Kier alpha value is 0.469. The van der Waals surface area contributed by atoms with Crippen molar-refractivity contribution in [3.05, 3.63) is 63.0 Å². The summed E-state index contributed by atoms with van der Waals surface area (Å²) in [5.41, 5.74) is 0. The SMILES string of the molecule is CC(C)(C)S(=O)(=O)[C]1[CH][CH][CH][CH]1.[CH]1[CH][CH][CH][CH]1.[Fe+2]. The van der Waals surface area contributed by atoms with E-state index in [0.29, 0.717) is 5.25 Å². The van der Waals surface area contributed by atoms with Gasteiger partial charge in [-0.2, -0.15) is 0 Å². The normalized spacial score (nSPS) is 21.1. The Labute approximate surface area is 124 Å². The molecule has 0 atom stereocenters. The van der Waals surface area contributed by atoms with Crippen molar-refractivity contribution in [3.8, 4) is 0 Å². The summed E-state index contributed by atoms with van der Waals surface area (Å²) < 4.78 is 22.7. The van der Waals surface area contributed by atoms with Gasteiger partial charge in [0.2, 0.25) is 0 Å². The maximum absolute atomic E-state index is 11.7. The van der Waals surface area contributed by atoms with Gasteiger partial charge in [-0.15, -0.1) is 0 Å². The van der Waals surface area contributed by atoms with Gasteiger partial charge in [0.1, 0.15) is 0 Å². The van der Waals surface area contributed by atoms with Gasteiger partial charge in [-0.3, -0.25) is 0 Å². The van der Waals surface area contributed by atoms with E-state index < -0.39 is 14.6 Å². The van der Waals surface area contributed by atoms with Crippen LogP contribution in [0.5, 0.6) is 0 Å². The number of sulfone groups is 1. The van der Waals surface area contributed by atoms with Gasteiger partial charge >= 0.3 is 17.1 Å². The van der Waals surface area contributed by atoms with Gasteiger partial charge in [-0.1, -0.05) is 0 Å². The molecule has 0 heterocycles. The monoisotopic (exact) mass is 306 g/mol. The minimum Gasteiger partial charge on any atom is -0.228 e. The molecule has 0 aliphatic heterocycles. The van der Waals surface area contributed by atoms with Crippen LogP contribution < -0.4 is 0 Å². The smallest absolute Gasteiger partial charge is 0.228 e. The molecule has 10 radical (unpaired) electrons. The summed E-state index contributed by atoms with van der Waals surface area (Å²) in [6.45, 7) is 5.11. The quantitative estimate of drug-likeness (QED) is 0.698. The molecule has 18 heavy (non-hydrogen) atoms. The predicted octanol–water partition coefficient (Wildman–Crippen LogP) is 2.58. The minimum absolute atomic E-state index is 0. The molecule has 0 unspecified atom stereocenters. The molecule has 0 aromatic rings. The average molecular weight is 306 g/mol. The van der Waals surface area contributed by atoms with Crippen LogP contribution in [-0.2, 0) is 26.9 Å². The molecule has 4 heteroatoms. The molecule has 2 saturated carbocycles. The maximum Gasteiger partial charge on any atom is 2.00 e. The molecule has 2 aliphatic carbocycles. The summed E-state index contributed by atoms with van der Waals surface area (Å²) in [6.07, 6.45) is 16.7. The van der Waals surface area contributed by atoms with Gasteiger partial charge in [0.05, 0.1) is 10.00 Å². The van der Waals surface area contributed by atoms with E-state index in [-0.39, 0.29) is 17.1 Å². The van der Waals surface area contributed by atoms with E-state index in [2.05, 4.69) is 0 Å². The van der Waals surface area contributed by atoms with E-state index in [1.165, 1.54) is 0 Å². The fourth-order valence-corrected chi connectivity index (χ4v) is 2.43. The summed E-state index contributed by atoms with van der Waals surface area (Å²) >= 11 is 0. The Morgan fingerprint density at radius 2 is 1.11 bits per heavy atom. The fraction of sp³-hybridized carbons (Fsp3) is 0.286. The minimum atomic E-state index is -3.13. The first kappa shape index (κ1) is 18.5. The van der Waals surface area contributed by atoms with Gasteiger partial charge in [-0.05, 0) is 78.6 Å². The zero-order chi connectivity index (χ0) is 12.9. The molecular formula is C14H18FeO2S+2. The summed E-state index contributed by atoms with van der Waals surface area (Å²) in [5, 5.41) is 0.412. The van der Waals surface area contributed by atoms with Crippen LogP contribution in [0.4, 0.5) is 0 Å². The van der Waals surface area contributed by atoms with Gasteiger partial charge in [0.25, 0.3) is 0 Å². The van der Waals surface area contributed by atoms with Crippen LogP contribution in [0.3, 0.4) is 0 Å². The first-order valence-electron chi connectivity index (χ1n) is 5.49. The Morgan fingerprint density at radius 3 is 1.39 bits per heavy atom. The maximum atomic E-state index is 11.7. The molecule has 2 aliphatic rings. The van der Waals surface area contributed by atoms with E-state index >= 15 is 0 Å². The van der Waals surface area contributed by atoms with Crippen molar-refractivity contribution < 1.29 is 25.5 Å². The molecule has 0 bridgehead atoms. The van der Waals surface area contributed by atoms with Crippen molar-refractivity contribution in [2.24, 2.45) is 0 Å². The van der Waals surface area contributed by atoms with Crippen LogP contribution in [0.2, 0.25) is 0 Å². The third-order valence-electron chi connectivity index (χ3n) is 2.30. The molecule has 98 valence electrons. The van der Waals surface area contributed by atoms with E-state index in [1.54, 1.807) is 46.5 Å². The Balaban J connectivity index is 0.000000405. The van der Waals surface area contributed by atoms with Crippen molar-refractivity contribution in [2.75, 3.05) is 0 Å². The van der Waals surface area contributed by atoms with Crippen LogP contribution in [0, 0.1) is 63.0 Å². The van der Waals surface area contributed by atoms with E-state index in [4.69, 9.17) is 0 Å². The summed E-state index contributed by atoms with van der Waals surface area (Å²) in [5.74, 6) is 0. The van der Waals surface area contributed by atoms with Crippen molar-refractivity contribution in [3.63, 3.8) is 0 Å². The second-order valence-corrected chi connectivity index (χ2v) is 7.40. The molecule has 0 aromatic heterocycles. The van der Waals surface area contributed by atoms with Crippen molar-refractivity contribution in [1.29, 1.82) is 0 Å². The zero-order valence-corrected chi connectivity index (χ0v) is 12.7. The molecule has 2 fully saturated rings. The van der Waals surface area contributed by atoms with Crippen LogP contribution in [0.25, 0.3) is 0 Å². The van der Waals surface area contributed by atoms with Gasteiger partial charge < -0.3 is 0 Å². The topological polar surface area (TPSA) is 34.1 Å². The van der Waals surface area contributed by atoms with E-state index in [9.17, 15) is 8.42 Å². The van der Waals surface area contributed by atoms with Crippen LogP contribution in [0.1, 0.15) is 20.8 Å². The summed E-state index contributed by atoms with van der Waals surface area (Å²) in [7, 11) is -3.13. The molecule has 2 nitrogen and oxygen atoms in total. The van der Waals surface area contributed by atoms with Crippen LogP contribution in [-0.4, -0.2) is 13.2 Å². The third-order valence-corrected chi connectivity index (χ3v) is 4.81. The van der Waals surface area contributed by atoms with Crippen molar-refractivity contribution in [1.82, 2.24) is 0 Å². The number of hydrogen-bond donors (Lipinski definition) is 0. The van der Waals surface area contributed by atoms with E-state index in [1.807, 2.05) is 32.1 Å². The largest absolute Gasteiger partial charge is 2.00 e. The molecule has 0 aromatic carbocycles. The molecule has 0 amide bonds. The molecule has 2 rings (SSSR count). The Kier molecular flexibility index (Phi) is 8.12. The molecule has 0 saturated heterocycles. The second kappa shape index (κ2) is 7.91. The number of rotatable bonds is 1. The Morgan fingerprint density at radius 1 is 0.778 bits per heavy atom. The zero-order valence-electron chi connectivity index (χ0n) is 10.8. The predicted molar refractivity (Wildman–Crippen MR) is 70.6 cm³/mol. The standard InChI is InChI=1S/C9H13O2S.C5H5.Fe/c1-9(2,3)12(10,11)8-6-4-5-7-8;1-2-4-5-3-1;/h4-7H,1-3H3;1-5H;/q;;+2. The van der Waals surface area contributed by atoms with Crippen LogP contribution >= 0.6 is 0 Å². The molecule has 0 N–H and O–H groups in total. The van der Waals surface area contributed by atoms with Gasteiger partial charge in [0, 0.05) is 0 Å². The van der Waals surface area contributed by atoms with Gasteiger partial charge in [-0.25, -0.2) is 8.42 Å². The summed E-state index contributed by atoms with van der Waals surface area (Å²) in [4.78, 5) is 0. The third kappa shape index (κ3) is 5.22. The first-order chi connectivity index (χ1) is 7.86. The second-order valence-electron chi connectivity index (χ2n) is 4.70. The first-order valence-corrected chi connectivity index (χ1v) is 6.97. The average Bonchev–Trinajstić information content (AvgIpc) is 2.93. The van der Waals surface area contributed by atoms with Crippen molar-refractivity contribution >= 4 is 9.84 Å². The molecular weight excluding hydrogens is 288 g/mol. The fourth-order valence-electron chi connectivity index (χ4n) is 1.21. The number of hydrogen-bond acceptors (Lipinski definition) is 2. The summed E-state index contributed by atoms with van der Waals surface area (Å²) in [6, 6.07) is 0. The van der Waals surface area contributed by atoms with Crippen molar-refractivity contribution in [2.45, 2.75) is 25.5 Å². The van der Waals surface area contributed by atoms with Crippen LogP contribution in [0.15, 0.2) is 0 Å². The van der Waals surface area contributed by atoms with E-state index in [0.717, 1.165) is 0 Å². The Bertz CT molecular complexity index is 300.